The number of hydrogen-bond acceptors (Lipinski definition) is 5. The highest BCUT2D eigenvalue weighted by Gasteiger charge is 2.33. The van der Waals surface area contributed by atoms with Gasteiger partial charge in [-0.05, 0) is 25.8 Å². The van der Waals surface area contributed by atoms with E-state index >= 15 is 0 Å². The van der Waals surface area contributed by atoms with E-state index in [9.17, 15) is 18.0 Å². The fourth-order valence-corrected chi connectivity index (χ4v) is 2.32. The van der Waals surface area contributed by atoms with Crippen LogP contribution in [-0.4, -0.2) is 48.9 Å². The van der Waals surface area contributed by atoms with E-state index in [1.807, 2.05) is 4.90 Å². The molecule has 0 unspecified atom stereocenters. The molecule has 132 valence electrons. The summed E-state index contributed by atoms with van der Waals surface area (Å²) < 4.78 is 38.9. The maximum atomic E-state index is 13.0. The van der Waals surface area contributed by atoms with E-state index in [-0.39, 0.29) is 11.4 Å². The van der Waals surface area contributed by atoms with Gasteiger partial charge in [0.05, 0.1) is 11.3 Å². The third-order valence-electron chi connectivity index (χ3n) is 3.61. The van der Waals surface area contributed by atoms with Crippen LogP contribution >= 0.6 is 0 Å². The zero-order chi connectivity index (χ0) is 17.9. The van der Waals surface area contributed by atoms with Crippen LogP contribution in [0.25, 0.3) is 0 Å². The molecule has 1 amide bonds. The van der Waals surface area contributed by atoms with Gasteiger partial charge in [0.25, 0.3) is 0 Å². The summed E-state index contributed by atoms with van der Waals surface area (Å²) in [5, 5.41) is 3.69. The largest absolute Gasteiger partial charge is 0.435 e. The van der Waals surface area contributed by atoms with Crippen LogP contribution in [-0.2, 0) is 11.0 Å². The van der Waals surface area contributed by atoms with Gasteiger partial charge in [0.2, 0.25) is 0 Å². The second-order valence-corrected chi connectivity index (χ2v) is 5.71. The van der Waals surface area contributed by atoms with Gasteiger partial charge in [-0.15, -0.1) is 0 Å². The number of alkyl halides is 3. The van der Waals surface area contributed by atoms with Crippen LogP contribution in [0.15, 0.2) is 17.4 Å². The minimum atomic E-state index is -4.47. The second kappa shape index (κ2) is 7.06. The lowest BCUT2D eigenvalue weighted by Gasteiger charge is -2.22. The first-order chi connectivity index (χ1) is 11.2. The summed E-state index contributed by atoms with van der Waals surface area (Å²) in [5.41, 5.74) is 0.0491. The Morgan fingerprint density at radius 2 is 1.96 bits per heavy atom. The molecule has 1 fully saturated rings. The molecule has 1 aliphatic heterocycles. The number of amides is 1. The van der Waals surface area contributed by atoms with Gasteiger partial charge in [0.1, 0.15) is 11.4 Å². The van der Waals surface area contributed by atoms with Crippen LogP contribution in [0.1, 0.15) is 31.0 Å². The number of oxime groups is 1. The molecule has 0 aliphatic carbocycles. The molecule has 0 radical (unpaired) electrons. The van der Waals surface area contributed by atoms with E-state index in [2.05, 4.69) is 10.1 Å². The topological polar surface area (TPSA) is 58.0 Å². The van der Waals surface area contributed by atoms with Gasteiger partial charge in [-0.3, -0.25) is 9.82 Å². The summed E-state index contributed by atoms with van der Waals surface area (Å²) in [6, 6.07) is 1.07. The lowest BCUT2D eigenvalue weighted by atomic mass is 10.1. The number of carbonyl (C=O) groups excluding carboxylic acids is 1. The highest BCUT2D eigenvalue weighted by Crippen LogP contribution is 2.33. The Morgan fingerprint density at radius 3 is 2.50 bits per heavy atom. The molecular weight excluding hydrogens is 325 g/mol. The van der Waals surface area contributed by atoms with Crippen molar-refractivity contribution < 1.29 is 22.8 Å². The van der Waals surface area contributed by atoms with E-state index in [4.69, 9.17) is 4.84 Å². The number of anilines is 1. The molecule has 1 aromatic rings. The first-order valence-corrected chi connectivity index (χ1v) is 7.45. The standard InChI is InChI=1S/C15H19F3N4O2/c1-10(20-24-14(23)21(2)3)13-12(22-6-4-5-7-22)8-11(9-19-13)15(16,17)18/h8-9H,4-7H2,1-3H3/b20-10+. The molecule has 0 aromatic carbocycles. The zero-order valence-corrected chi connectivity index (χ0v) is 13.7. The van der Waals surface area contributed by atoms with Crippen molar-refractivity contribution >= 4 is 17.5 Å². The van der Waals surface area contributed by atoms with Crippen molar-refractivity contribution in [2.75, 3.05) is 32.1 Å². The van der Waals surface area contributed by atoms with E-state index in [0.717, 1.165) is 25.1 Å². The molecule has 2 heterocycles. The molecule has 0 saturated carbocycles. The first kappa shape index (κ1) is 18.0. The molecule has 6 nitrogen and oxygen atoms in total. The second-order valence-electron chi connectivity index (χ2n) is 5.71. The predicted octanol–water partition coefficient (Wildman–Crippen LogP) is 3.12. The van der Waals surface area contributed by atoms with Crippen molar-refractivity contribution in [3.8, 4) is 0 Å². The van der Waals surface area contributed by atoms with Gasteiger partial charge in [-0.1, -0.05) is 5.16 Å². The predicted molar refractivity (Wildman–Crippen MR) is 83.1 cm³/mol. The Morgan fingerprint density at radius 1 is 1.33 bits per heavy atom. The maximum absolute atomic E-state index is 13.0. The van der Waals surface area contributed by atoms with Gasteiger partial charge < -0.3 is 9.80 Å². The van der Waals surface area contributed by atoms with Crippen LogP contribution in [0.2, 0.25) is 0 Å². The average molecular weight is 344 g/mol. The molecule has 24 heavy (non-hydrogen) atoms. The summed E-state index contributed by atoms with van der Waals surface area (Å²) in [6.45, 7) is 2.85. The fraction of sp³-hybridized carbons (Fsp3) is 0.533. The molecule has 2 rings (SSSR count). The van der Waals surface area contributed by atoms with Gasteiger partial charge >= 0.3 is 12.3 Å². The van der Waals surface area contributed by atoms with Crippen molar-refractivity contribution in [1.82, 2.24) is 9.88 Å². The van der Waals surface area contributed by atoms with Gasteiger partial charge in [0.15, 0.2) is 0 Å². The summed E-state index contributed by atoms with van der Waals surface area (Å²) in [4.78, 5) is 23.1. The highest BCUT2D eigenvalue weighted by molar-refractivity contribution is 6.01. The van der Waals surface area contributed by atoms with Gasteiger partial charge in [-0.2, -0.15) is 13.2 Å². The van der Waals surface area contributed by atoms with E-state index < -0.39 is 17.8 Å². The van der Waals surface area contributed by atoms with E-state index in [1.54, 1.807) is 0 Å². The number of pyridine rings is 1. The van der Waals surface area contributed by atoms with Crippen LogP contribution in [0.5, 0.6) is 0 Å². The van der Waals surface area contributed by atoms with Crippen molar-refractivity contribution in [3.63, 3.8) is 0 Å². The Kier molecular flexibility index (Phi) is 5.30. The Labute approximate surface area is 137 Å². The number of carbonyl (C=O) groups is 1. The number of rotatable bonds is 3. The molecule has 0 spiro atoms. The van der Waals surface area contributed by atoms with E-state index in [1.165, 1.54) is 25.9 Å². The third-order valence-corrected chi connectivity index (χ3v) is 3.61. The highest BCUT2D eigenvalue weighted by atomic mass is 19.4. The number of halogens is 3. The normalized spacial score (nSPS) is 15.6. The molecule has 0 bridgehead atoms. The number of nitrogens with zero attached hydrogens (tertiary/aromatic N) is 4. The number of aromatic nitrogens is 1. The molecule has 1 saturated heterocycles. The fourth-order valence-electron chi connectivity index (χ4n) is 2.32. The smallest absolute Gasteiger partial charge is 0.370 e. The first-order valence-electron chi connectivity index (χ1n) is 7.45. The summed E-state index contributed by atoms with van der Waals surface area (Å²) in [5.74, 6) is 0. The zero-order valence-electron chi connectivity index (χ0n) is 13.7. The third kappa shape index (κ3) is 4.15. The minimum absolute atomic E-state index is 0.237. The Bertz CT molecular complexity index is 638. The van der Waals surface area contributed by atoms with Crippen LogP contribution in [0.3, 0.4) is 0 Å². The molecule has 1 aromatic heterocycles. The summed E-state index contributed by atoms with van der Waals surface area (Å²) >= 11 is 0. The van der Waals surface area contributed by atoms with Crippen molar-refractivity contribution in [2.24, 2.45) is 5.16 Å². The molecule has 9 heteroatoms. The van der Waals surface area contributed by atoms with Gasteiger partial charge in [0, 0.05) is 33.4 Å². The monoisotopic (exact) mass is 344 g/mol. The number of hydrogen-bond donors (Lipinski definition) is 0. The lowest BCUT2D eigenvalue weighted by molar-refractivity contribution is -0.137. The quantitative estimate of drug-likeness (QED) is 0.480. The van der Waals surface area contributed by atoms with Gasteiger partial charge in [-0.25, -0.2) is 4.79 Å². The van der Waals surface area contributed by atoms with Crippen LogP contribution < -0.4 is 4.90 Å². The van der Waals surface area contributed by atoms with Crippen LogP contribution in [0.4, 0.5) is 23.7 Å². The average Bonchev–Trinajstić information content (AvgIpc) is 3.04. The Hall–Kier alpha value is -2.32. The van der Waals surface area contributed by atoms with E-state index in [0.29, 0.717) is 18.8 Å². The Balaban J connectivity index is 2.37. The summed E-state index contributed by atoms with van der Waals surface area (Å²) in [7, 11) is 3.00. The van der Waals surface area contributed by atoms with Crippen molar-refractivity contribution in [1.29, 1.82) is 0 Å². The minimum Gasteiger partial charge on any atom is -0.370 e. The maximum Gasteiger partial charge on any atom is 0.435 e. The summed E-state index contributed by atoms with van der Waals surface area (Å²) in [6.07, 6.45) is -2.57. The SMILES string of the molecule is C/C(=N\OC(=O)N(C)C)c1ncc(C(F)(F)F)cc1N1CCCC1. The van der Waals surface area contributed by atoms with Crippen LogP contribution in [0, 0.1) is 0 Å². The lowest BCUT2D eigenvalue weighted by Crippen LogP contribution is -2.23. The molecular formula is C15H19F3N4O2. The molecule has 1 aliphatic rings. The molecule has 0 atom stereocenters. The molecule has 0 N–H and O–H groups in total. The van der Waals surface area contributed by atoms with Crippen molar-refractivity contribution in [3.05, 3.63) is 23.5 Å². The van der Waals surface area contributed by atoms with Crippen molar-refractivity contribution in [2.45, 2.75) is 25.9 Å².